The largest absolute Gasteiger partial charge is 0.493 e. The number of nitrogens with zero attached hydrogens (tertiary/aromatic N) is 1. The Morgan fingerprint density at radius 3 is 2.47 bits per heavy atom. The predicted molar refractivity (Wildman–Crippen MR) is 166 cm³/mol. The van der Waals surface area contributed by atoms with Crippen LogP contribution in [-0.2, 0) is 23.8 Å². The van der Waals surface area contributed by atoms with E-state index in [0.717, 1.165) is 31.4 Å². The second-order valence-corrected chi connectivity index (χ2v) is 11.9. The van der Waals surface area contributed by atoms with E-state index >= 15 is 0 Å². The number of aromatic nitrogens is 1. The Hall–Kier alpha value is -3.66. The first kappa shape index (κ1) is 34.2. The standard InChI is InChI=1S/C35H47NO9/c1-4-41-22-31(38)42-23-43-34-30(40-3)18-19-36-32(34)29(37)21-27-15-11-10-14-26(20-25-12-8-9-13-25)33(24(2)44-35(27)39)45-28-16-6-5-7-17-28/h5-7,16-19,24-27,33H,4,8-15,20-23H2,1-3H3/t24-,26+,27+,33-/m0/s1. The number of hydrogen-bond donors (Lipinski definition) is 0. The molecule has 246 valence electrons. The van der Waals surface area contributed by atoms with E-state index in [-0.39, 0.29) is 42.2 Å². The van der Waals surface area contributed by atoms with Crippen molar-refractivity contribution in [2.24, 2.45) is 17.8 Å². The van der Waals surface area contributed by atoms with Crippen molar-refractivity contribution in [1.29, 1.82) is 0 Å². The number of esters is 2. The van der Waals surface area contributed by atoms with Gasteiger partial charge in [0, 0.05) is 25.3 Å². The van der Waals surface area contributed by atoms with Gasteiger partial charge in [-0.3, -0.25) is 9.59 Å². The average molecular weight is 626 g/mol. The molecular weight excluding hydrogens is 578 g/mol. The molecule has 1 aromatic heterocycles. The van der Waals surface area contributed by atoms with Crippen molar-refractivity contribution < 1.29 is 42.8 Å². The van der Waals surface area contributed by atoms with Crippen LogP contribution in [0, 0.1) is 17.8 Å². The van der Waals surface area contributed by atoms with Gasteiger partial charge in [-0.2, -0.15) is 0 Å². The van der Waals surface area contributed by atoms with Gasteiger partial charge in [-0.15, -0.1) is 0 Å². The number of rotatable bonds is 14. The number of hydrogen-bond acceptors (Lipinski definition) is 10. The van der Waals surface area contributed by atoms with Crippen LogP contribution < -0.4 is 14.2 Å². The minimum atomic E-state index is -0.659. The van der Waals surface area contributed by atoms with E-state index in [4.69, 9.17) is 28.4 Å². The third kappa shape index (κ3) is 10.2. The maximum atomic E-state index is 13.6. The molecule has 10 nitrogen and oxygen atoms in total. The van der Waals surface area contributed by atoms with Gasteiger partial charge in [0.2, 0.25) is 6.79 Å². The summed E-state index contributed by atoms with van der Waals surface area (Å²) in [5, 5.41) is 0. The van der Waals surface area contributed by atoms with Crippen molar-refractivity contribution in [3.63, 3.8) is 0 Å². The molecule has 1 aromatic carbocycles. The first-order valence-electron chi connectivity index (χ1n) is 16.2. The molecule has 0 bridgehead atoms. The highest BCUT2D eigenvalue weighted by Gasteiger charge is 2.37. The summed E-state index contributed by atoms with van der Waals surface area (Å²) in [5.74, 6) is -0.0925. The van der Waals surface area contributed by atoms with Crippen LogP contribution in [0.5, 0.6) is 17.2 Å². The summed E-state index contributed by atoms with van der Waals surface area (Å²) in [6.07, 6.45) is 9.82. The van der Waals surface area contributed by atoms with Crippen LogP contribution in [0.3, 0.4) is 0 Å². The summed E-state index contributed by atoms with van der Waals surface area (Å²) >= 11 is 0. The van der Waals surface area contributed by atoms with Gasteiger partial charge in [-0.1, -0.05) is 56.7 Å². The number of carbonyl (C=O) groups excluding carboxylic acids is 3. The zero-order valence-corrected chi connectivity index (χ0v) is 26.7. The summed E-state index contributed by atoms with van der Waals surface area (Å²) in [6.45, 7) is 3.37. The normalized spacial score (nSPS) is 22.7. The molecule has 1 aliphatic carbocycles. The Balaban J connectivity index is 1.47. The number of para-hydroxylation sites is 1. The Morgan fingerprint density at radius 2 is 1.73 bits per heavy atom. The Morgan fingerprint density at radius 1 is 1.00 bits per heavy atom. The molecule has 2 aliphatic rings. The van der Waals surface area contributed by atoms with E-state index in [1.54, 1.807) is 13.0 Å². The fraction of sp³-hybridized carbons (Fsp3) is 0.600. The third-order valence-electron chi connectivity index (χ3n) is 8.70. The molecule has 1 aliphatic heterocycles. The number of ether oxygens (including phenoxy) is 6. The van der Waals surface area contributed by atoms with Gasteiger partial charge in [0.05, 0.1) is 13.0 Å². The second-order valence-electron chi connectivity index (χ2n) is 11.9. The van der Waals surface area contributed by atoms with E-state index in [1.165, 1.54) is 39.0 Å². The third-order valence-corrected chi connectivity index (χ3v) is 8.70. The number of benzene rings is 1. The SMILES string of the molecule is CCOCC(=O)OCOc1c(OC)ccnc1C(=O)C[C@H]1CCCC[C@H](CC2CCCC2)[C@@H](Oc2ccccc2)[C@H](C)OC1=O. The number of ketones is 1. The highest BCUT2D eigenvalue weighted by Crippen LogP contribution is 2.37. The second kappa shape index (κ2) is 17.7. The van der Waals surface area contributed by atoms with Crippen LogP contribution in [0.2, 0.25) is 0 Å². The predicted octanol–water partition coefficient (Wildman–Crippen LogP) is 6.35. The number of cyclic esters (lactones) is 1. The van der Waals surface area contributed by atoms with Gasteiger partial charge in [-0.05, 0) is 57.1 Å². The summed E-state index contributed by atoms with van der Waals surface area (Å²) in [4.78, 5) is 43.3. The molecule has 0 radical (unpaired) electrons. The molecule has 0 N–H and O–H groups in total. The molecular formula is C35H47NO9. The fourth-order valence-electron chi connectivity index (χ4n) is 6.40. The number of pyridine rings is 1. The minimum absolute atomic E-state index is 0.00457. The Labute approximate surface area is 266 Å². The summed E-state index contributed by atoms with van der Waals surface area (Å²) in [7, 11) is 1.44. The lowest BCUT2D eigenvalue weighted by atomic mass is 9.82. The van der Waals surface area contributed by atoms with Gasteiger partial charge in [0.15, 0.2) is 23.0 Å². The van der Waals surface area contributed by atoms with E-state index in [9.17, 15) is 14.4 Å². The Bertz CT molecular complexity index is 1230. The summed E-state index contributed by atoms with van der Waals surface area (Å²) < 4.78 is 33.8. The van der Waals surface area contributed by atoms with Crippen LogP contribution >= 0.6 is 0 Å². The van der Waals surface area contributed by atoms with Gasteiger partial charge >= 0.3 is 11.9 Å². The van der Waals surface area contributed by atoms with Gasteiger partial charge < -0.3 is 28.4 Å². The Kier molecular flexibility index (Phi) is 13.5. The van der Waals surface area contributed by atoms with Crippen molar-refractivity contribution >= 4 is 17.7 Å². The highest BCUT2D eigenvalue weighted by atomic mass is 16.7. The maximum Gasteiger partial charge on any atom is 0.334 e. The summed E-state index contributed by atoms with van der Waals surface area (Å²) in [5.41, 5.74) is -0.00457. The van der Waals surface area contributed by atoms with Crippen molar-refractivity contribution in [2.75, 3.05) is 27.1 Å². The van der Waals surface area contributed by atoms with Crippen molar-refractivity contribution in [3.05, 3.63) is 48.3 Å². The lowest BCUT2D eigenvalue weighted by Gasteiger charge is -2.35. The number of methoxy groups -OCH3 is 1. The molecule has 0 spiro atoms. The maximum absolute atomic E-state index is 13.6. The van der Waals surface area contributed by atoms with Gasteiger partial charge in [-0.25, -0.2) is 9.78 Å². The molecule has 1 saturated heterocycles. The summed E-state index contributed by atoms with van der Waals surface area (Å²) in [6, 6.07) is 11.2. The zero-order valence-electron chi connectivity index (χ0n) is 26.7. The molecule has 0 unspecified atom stereocenters. The van der Waals surface area contributed by atoms with Crippen LogP contribution in [0.15, 0.2) is 42.6 Å². The van der Waals surface area contributed by atoms with Gasteiger partial charge in [0.1, 0.15) is 24.6 Å². The lowest BCUT2D eigenvalue weighted by Crippen LogP contribution is -2.42. The van der Waals surface area contributed by atoms with E-state index in [1.807, 2.05) is 37.3 Å². The molecule has 2 heterocycles. The molecule has 1 saturated carbocycles. The number of Topliss-reactive ketones (excluding diaryl/α,β-unsaturated/α-hetero) is 1. The van der Waals surface area contributed by atoms with Crippen LogP contribution in [0.4, 0.5) is 0 Å². The molecule has 0 amide bonds. The first-order valence-corrected chi connectivity index (χ1v) is 16.2. The molecule has 4 rings (SSSR count). The van der Waals surface area contributed by atoms with Gasteiger partial charge in [0.25, 0.3) is 0 Å². The molecule has 45 heavy (non-hydrogen) atoms. The zero-order chi connectivity index (χ0) is 32.0. The van der Waals surface area contributed by atoms with Crippen LogP contribution in [0.25, 0.3) is 0 Å². The van der Waals surface area contributed by atoms with Crippen molar-refractivity contribution in [1.82, 2.24) is 4.98 Å². The quantitative estimate of drug-likeness (QED) is 0.134. The average Bonchev–Trinajstić information content (AvgIpc) is 3.56. The van der Waals surface area contributed by atoms with Crippen molar-refractivity contribution in [3.8, 4) is 17.2 Å². The van der Waals surface area contributed by atoms with E-state index in [0.29, 0.717) is 18.9 Å². The minimum Gasteiger partial charge on any atom is -0.493 e. The van der Waals surface area contributed by atoms with Crippen LogP contribution in [-0.4, -0.2) is 62.0 Å². The lowest BCUT2D eigenvalue weighted by molar-refractivity contribution is -0.160. The van der Waals surface area contributed by atoms with Crippen molar-refractivity contribution in [2.45, 2.75) is 90.3 Å². The fourth-order valence-corrected chi connectivity index (χ4v) is 6.40. The number of carbonyl (C=O) groups is 3. The monoisotopic (exact) mass is 625 g/mol. The molecule has 2 aromatic rings. The topological polar surface area (TPSA) is 119 Å². The highest BCUT2D eigenvalue weighted by molar-refractivity contribution is 5.99. The van der Waals surface area contributed by atoms with Crippen LogP contribution in [0.1, 0.15) is 88.5 Å². The van der Waals surface area contributed by atoms with E-state index < -0.39 is 36.5 Å². The first-order chi connectivity index (χ1) is 21.9. The van der Waals surface area contributed by atoms with E-state index in [2.05, 4.69) is 4.98 Å². The smallest absolute Gasteiger partial charge is 0.334 e. The molecule has 10 heteroatoms. The molecule has 2 fully saturated rings. The molecule has 4 atom stereocenters.